The Bertz CT molecular complexity index is 1590. The summed E-state index contributed by atoms with van der Waals surface area (Å²) in [5.74, 6) is -1.31. The van der Waals surface area contributed by atoms with Gasteiger partial charge >= 0.3 is 0 Å². The number of fused-ring (bicyclic) bond motifs is 1. The van der Waals surface area contributed by atoms with Crippen LogP contribution < -0.4 is 14.5 Å². The van der Waals surface area contributed by atoms with Crippen LogP contribution in [-0.4, -0.2) is 61.2 Å². The minimum atomic E-state index is -3.12. The van der Waals surface area contributed by atoms with E-state index in [1.54, 1.807) is 18.2 Å². The van der Waals surface area contributed by atoms with E-state index in [2.05, 4.69) is 28.7 Å². The Morgan fingerprint density at radius 1 is 1.05 bits per heavy atom. The van der Waals surface area contributed by atoms with Gasteiger partial charge in [-0.05, 0) is 69.9 Å². The van der Waals surface area contributed by atoms with Gasteiger partial charge < -0.3 is 14.5 Å². The number of ether oxygens (including phenoxy) is 1. The summed E-state index contributed by atoms with van der Waals surface area (Å²) in [5.41, 5.74) is 1.19. The molecule has 3 aromatic rings. The third-order valence-electron chi connectivity index (χ3n) is 8.22. The van der Waals surface area contributed by atoms with Gasteiger partial charge in [0.15, 0.2) is 17.4 Å². The van der Waals surface area contributed by atoms with Gasteiger partial charge in [-0.1, -0.05) is 13.0 Å². The second-order valence-electron chi connectivity index (χ2n) is 12.0. The van der Waals surface area contributed by atoms with Crippen LogP contribution in [-0.2, 0) is 16.3 Å². The molecule has 1 saturated heterocycles. The highest BCUT2D eigenvalue weighted by Crippen LogP contribution is 2.43. The Morgan fingerprint density at radius 3 is 2.40 bits per heavy atom. The highest BCUT2D eigenvalue weighted by atomic mass is 32.2. The molecule has 1 fully saturated rings. The van der Waals surface area contributed by atoms with E-state index in [1.807, 2.05) is 18.7 Å². The summed E-state index contributed by atoms with van der Waals surface area (Å²) in [6.45, 7) is 9.38. The molecule has 2 aliphatic heterocycles. The molecule has 42 heavy (non-hydrogen) atoms. The molecular formula is C31H37F3N4O3S. The number of nitrogens with zero attached hydrogens (tertiary/aromatic N) is 4. The zero-order valence-electron chi connectivity index (χ0n) is 24.6. The number of hydrogen-bond acceptors (Lipinski definition) is 7. The SMILES string of the molecule is CCC(C)N1CC(C)(C)Oc2c(F)cc(-c3nc(Cc4ccc(N5CCC(S(C)(=O)=O)CC5)c(F)c4)ncc3F)cc21. The fraction of sp³-hybridized carbons (Fsp3) is 0.484. The van der Waals surface area contributed by atoms with E-state index in [0.717, 1.165) is 12.6 Å². The van der Waals surface area contributed by atoms with Crippen molar-refractivity contribution in [1.29, 1.82) is 0 Å². The fourth-order valence-corrected chi connectivity index (χ4v) is 6.83. The van der Waals surface area contributed by atoms with Crippen LogP contribution >= 0.6 is 0 Å². The zero-order valence-corrected chi connectivity index (χ0v) is 25.4. The Hall–Kier alpha value is -3.34. The monoisotopic (exact) mass is 602 g/mol. The van der Waals surface area contributed by atoms with Crippen LogP contribution in [0.5, 0.6) is 5.75 Å². The molecular weight excluding hydrogens is 565 g/mol. The van der Waals surface area contributed by atoms with E-state index in [1.165, 1.54) is 18.4 Å². The Labute approximate surface area is 245 Å². The molecule has 0 radical (unpaired) electrons. The molecule has 0 aliphatic carbocycles. The first-order valence-electron chi connectivity index (χ1n) is 14.3. The lowest BCUT2D eigenvalue weighted by Gasteiger charge is -2.44. The van der Waals surface area contributed by atoms with Crippen LogP contribution in [0.15, 0.2) is 36.5 Å². The predicted molar refractivity (Wildman–Crippen MR) is 158 cm³/mol. The maximum Gasteiger partial charge on any atom is 0.179 e. The molecule has 7 nitrogen and oxygen atoms in total. The lowest BCUT2D eigenvalue weighted by atomic mass is 10.00. The number of sulfone groups is 1. The Morgan fingerprint density at radius 2 is 1.76 bits per heavy atom. The molecule has 0 saturated carbocycles. The quantitative estimate of drug-likeness (QED) is 0.331. The van der Waals surface area contributed by atoms with Gasteiger partial charge in [-0.25, -0.2) is 31.6 Å². The molecule has 11 heteroatoms. The fourth-order valence-electron chi connectivity index (χ4n) is 5.76. The van der Waals surface area contributed by atoms with E-state index in [-0.39, 0.29) is 35.3 Å². The van der Waals surface area contributed by atoms with Gasteiger partial charge in [0.05, 0.1) is 29.4 Å². The maximum atomic E-state index is 15.4. The summed E-state index contributed by atoms with van der Waals surface area (Å²) in [7, 11) is -3.12. The second-order valence-corrected chi connectivity index (χ2v) is 14.3. The first kappa shape index (κ1) is 30.1. The van der Waals surface area contributed by atoms with Crippen molar-refractivity contribution < 1.29 is 26.3 Å². The van der Waals surface area contributed by atoms with Gasteiger partial charge in [-0.15, -0.1) is 0 Å². The summed E-state index contributed by atoms with van der Waals surface area (Å²) in [6, 6.07) is 7.86. The average molecular weight is 603 g/mol. The van der Waals surface area contributed by atoms with Gasteiger partial charge in [0, 0.05) is 37.4 Å². The minimum Gasteiger partial charge on any atom is -0.481 e. The normalized spacial score (nSPS) is 18.0. The van der Waals surface area contributed by atoms with Crippen molar-refractivity contribution in [2.75, 3.05) is 35.7 Å². The number of hydrogen-bond donors (Lipinski definition) is 0. The van der Waals surface area contributed by atoms with E-state index in [9.17, 15) is 8.42 Å². The van der Waals surface area contributed by atoms with E-state index in [0.29, 0.717) is 49.4 Å². The molecule has 3 heterocycles. The summed E-state index contributed by atoms with van der Waals surface area (Å²) in [4.78, 5) is 12.5. The molecule has 0 bridgehead atoms. The van der Waals surface area contributed by atoms with Crippen molar-refractivity contribution in [3.63, 3.8) is 0 Å². The number of rotatable bonds is 7. The third-order valence-corrected chi connectivity index (χ3v) is 9.90. The molecule has 1 unspecified atom stereocenters. The van der Waals surface area contributed by atoms with Gasteiger partial charge in [-0.2, -0.15) is 0 Å². The summed E-state index contributed by atoms with van der Waals surface area (Å²) < 4.78 is 75.3. The maximum absolute atomic E-state index is 15.4. The van der Waals surface area contributed by atoms with Crippen molar-refractivity contribution >= 4 is 21.2 Å². The van der Waals surface area contributed by atoms with Crippen LogP contribution in [0.25, 0.3) is 11.3 Å². The Kier molecular flexibility index (Phi) is 8.17. The van der Waals surface area contributed by atoms with Gasteiger partial charge in [0.1, 0.15) is 32.8 Å². The smallest absolute Gasteiger partial charge is 0.179 e. The zero-order chi connectivity index (χ0) is 30.4. The summed E-state index contributed by atoms with van der Waals surface area (Å²) in [5, 5.41) is -0.401. The first-order valence-corrected chi connectivity index (χ1v) is 16.2. The molecule has 0 amide bonds. The largest absolute Gasteiger partial charge is 0.481 e. The number of piperidine rings is 1. The van der Waals surface area contributed by atoms with Crippen LogP contribution in [0.4, 0.5) is 24.5 Å². The van der Waals surface area contributed by atoms with E-state index < -0.39 is 38.1 Å². The van der Waals surface area contributed by atoms with Crippen LogP contribution in [0.2, 0.25) is 0 Å². The average Bonchev–Trinajstić information content (AvgIpc) is 2.93. The van der Waals surface area contributed by atoms with Crippen LogP contribution in [0.3, 0.4) is 0 Å². The molecule has 0 spiro atoms. The highest BCUT2D eigenvalue weighted by molar-refractivity contribution is 7.91. The molecule has 5 rings (SSSR count). The van der Waals surface area contributed by atoms with Crippen LogP contribution in [0, 0.1) is 17.5 Å². The molecule has 2 aliphatic rings. The number of benzene rings is 2. The second kappa shape index (κ2) is 11.4. The standard InChI is InChI=1S/C31H37F3N4O3S/c1-6-19(2)38-18-31(3,4)41-30-24(33)15-21(16-27(30)38)29-25(34)17-35-28(36-29)14-20-7-8-26(23(32)13-20)37-11-9-22(10-12-37)42(5,39)40/h7-8,13,15-17,19,22H,6,9-12,14,18H2,1-5H3. The van der Waals surface area contributed by atoms with Gasteiger partial charge in [0.2, 0.25) is 0 Å². The lowest BCUT2D eigenvalue weighted by molar-refractivity contribution is 0.0960. The summed E-state index contributed by atoms with van der Waals surface area (Å²) in [6.07, 6.45) is 4.18. The third kappa shape index (κ3) is 6.21. The van der Waals surface area contributed by atoms with E-state index >= 15 is 13.2 Å². The number of halogens is 3. The van der Waals surface area contributed by atoms with Crippen LogP contribution in [0.1, 0.15) is 58.3 Å². The van der Waals surface area contributed by atoms with Gasteiger partial charge in [-0.3, -0.25) is 0 Å². The van der Waals surface area contributed by atoms with E-state index in [4.69, 9.17) is 4.74 Å². The minimum absolute atomic E-state index is 0.0403. The topological polar surface area (TPSA) is 75.6 Å². The number of aromatic nitrogens is 2. The first-order chi connectivity index (χ1) is 19.8. The summed E-state index contributed by atoms with van der Waals surface area (Å²) >= 11 is 0. The molecule has 1 aromatic heterocycles. The predicted octanol–water partition coefficient (Wildman–Crippen LogP) is 5.94. The molecule has 0 N–H and O–H groups in total. The molecule has 1 atom stereocenters. The van der Waals surface area contributed by atoms with Crippen molar-refractivity contribution in [2.24, 2.45) is 0 Å². The van der Waals surface area contributed by atoms with Crippen molar-refractivity contribution in [1.82, 2.24) is 9.97 Å². The lowest BCUT2D eigenvalue weighted by Crippen LogP contribution is -2.50. The van der Waals surface area contributed by atoms with Crippen molar-refractivity contribution in [3.8, 4) is 17.0 Å². The molecule has 226 valence electrons. The highest BCUT2D eigenvalue weighted by Gasteiger charge is 2.36. The van der Waals surface area contributed by atoms with Crippen molar-refractivity contribution in [3.05, 3.63) is 65.4 Å². The van der Waals surface area contributed by atoms with Gasteiger partial charge in [0.25, 0.3) is 0 Å². The van der Waals surface area contributed by atoms with Crippen molar-refractivity contribution in [2.45, 2.75) is 70.3 Å². The Balaban J connectivity index is 1.39. The molecule has 2 aromatic carbocycles. The number of anilines is 2.